The minimum atomic E-state index is -0.748. The highest BCUT2D eigenvalue weighted by atomic mass is 16.4. The first-order valence-corrected chi connectivity index (χ1v) is 7.30. The van der Waals surface area contributed by atoms with Crippen LogP contribution in [-0.2, 0) is 9.59 Å². The zero-order valence-corrected chi connectivity index (χ0v) is 11.3. The van der Waals surface area contributed by atoms with Crippen molar-refractivity contribution >= 4 is 11.9 Å². The summed E-state index contributed by atoms with van der Waals surface area (Å²) in [5.74, 6) is -0.527. The lowest BCUT2D eigenvalue weighted by molar-refractivity contribution is -0.145. The maximum absolute atomic E-state index is 12.4. The highest BCUT2D eigenvalue weighted by Crippen LogP contribution is 2.48. The summed E-state index contributed by atoms with van der Waals surface area (Å²) in [7, 11) is 0. The lowest BCUT2D eigenvalue weighted by atomic mass is 9.84. The van der Waals surface area contributed by atoms with Crippen molar-refractivity contribution in [3.05, 3.63) is 0 Å². The maximum Gasteiger partial charge on any atom is 0.308 e. The van der Waals surface area contributed by atoms with Gasteiger partial charge in [0.05, 0.1) is 11.5 Å². The zero-order valence-electron chi connectivity index (χ0n) is 11.3. The molecule has 3 rings (SSSR count). The van der Waals surface area contributed by atoms with Crippen molar-refractivity contribution in [2.45, 2.75) is 50.6 Å². The van der Waals surface area contributed by atoms with Crippen LogP contribution in [0.15, 0.2) is 0 Å². The Balaban J connectivity index is 1.72. The SMILES string of the molecule is CC1(C(=O)NC2C3CCC(C3)C2C(=O)O)CCCN1. The summed E-state index contributed by atoms with van der Waals surface area (Å²) in [6, 6.07) is -0.164. The Morgan fingerprint density at radius 1 is 1.32 bits per heavy atom. The summed E-state index contributed by atoms with van der Waals surface area (Å²) < 4.78 is 0. The minimum Gasteiger partial charge on any atom is -0.481 e. The number of nitrogens with one attached hydrogen (secondary N) is 2. The molecular weight excluding hydrogens is 244 g/mol. The fourth-order valence-electron chi connectivity index (χ4n) is 4.25. The van der Waals surface area contributed by atoms with Crippen molar-refractivity contribution in [3.63, 3.8) is 0 Å². The quantitative estimate of drug-likeness (QED) is 0.704. The summed E-state index contributed by atoms with van der Waals surface area (Å²) in [5.41, 5.74) is -0.509. The molecule has 2 aliphatic carbocycles. The molecule has 3 N–H and O–H groups in total. The molecule has 3 fully saturated rings. The van der Waals surface area contributed by atoms with Gasteiger partial charge in [-0.15, -0.1) is 0 Å². The van der Waals surface area contributed by atoms with Crippen molar-refractivity contribution in [3.8, 4) is 0 Å². The van der Waals surface area contributed by atoms with Crippen molar-refractivity contribution in [2.24, 2.45) is 17.8 Å². The molecule has 0 spiro atoms. The van der Waals surface area contributed by atoms with Gasteiger partial charge in [0.15, 0.2) is 0 Å². The minimum absolute atomic E-state index is 0.0196. The number of amides is 1. The lowest BCUT2D eigenvalue weighted by Gasteiger charge is -2.32. The number of rotatable bonds is 3. The Hall–Kier alpha value is -1.10. The maximum atomic E-state index is 12.4. The number of hydrogen-bond acceptors (Lipinski definition) is 3. The van der Waals surface area contributed by atoms with E-state index in [2.05, 4.69) is 10.6 Å². The van der Waals surface area contributed by atoms with Crippen LogP contribution in [0.3, 0.4) is 0 Å². The molecule has 19 heavy (non-hydrogen) atoms. The van der Waals surface area contributed by atoms with Gasteiger partial charge in [-0.1, -0.05) is 0 Å². The van der Waals surface area contributed by atoms with Crippen LogP contribution in [0.5, 0.6) is 0 Å². The predicted octanol–water partition coefficient (Wildman–Crippen LogP) is 0.744. The number of aliphatic carboxylic acids is 1. The van der Waals surface area contributed by atoms with Crippen molar-refractivity contribution < 1.29 is 14.7 Å². The van der Waals surface area contributed by atoms with Gasteiger partial charge in [0.1, 0.15) is 0 Å². The molecule has 1 heterocycles. The monoisotopic (exact) mass is 266 g/mol. The number of carbonyl (C=O) groups is 2. The Bertz CT molecular complexity index is 403. The number of carbonyl (C=O) groups excluding carboxylic acids is 1. The molecule has 5 heteroatoms. The van der Waals surface area contributed by atoms with Crippen molar-refractivity contribution in [1.29, 1.82) is 0 Å². The van der Waals surface area contributed by atoms with Gasteiger partial charge in [-0.2, -0.15) is 0 Å². The predicted molar refractivity (Wildman–Crippen MR) is 69.5 cm³/mol. The van der Waals surface area contributed by atoms with Gasteiger partial charge in [0, 0.05) is 6.04 Å². The second kappa shape index (κ2) is 4.47. The molecule has 5 nitrogen and oxygen atoms in total. The Morgan fingerprint density at radius 3 is 2.68 bits per heavy atom. The van der Waals surface area contributed by atoms with E-state index in [9.17, 15) is 14.7 Å². The normalized spacial score (nSPS) is 44.5. The van der Waals surface area contributed by atoms with E-state index in [4.69, 9.17) is 0 Å². The third-order valence-electron chi connectivity index (χ3n) is 5.37. The van der Waals surface area contributed by atoms with E-state index >= 15 is 0 Å². The first-order valence-electron chi connectivity index (χ1n) is 7.30. The van der Waals surface area contributed by atoms with E-state index in [1.165, 1.54) is 0 Å². The number of carboxylic acid groups (broad SMARTS) is 1. The Labute approximate surface area is 113 Å². The molecule has 1 amide bonds. The molecule has 2 bridgehead atoms. The van der Waals surface area contributed by atoms with Crippen LogP contribution in [0.2, 0.25) is 0 Å². The molecule has 0 radical (unpaired) electrons. The van der Waals surface area contributed by atoms with Crippen LogP contribution >= 0.6 is 0 Å². The summed E-state index contributed by atoms with van der Waals surface area (Å²) in [5, 5.41) is 15.7. The number of fused-ring (bicyclic) bond motifs is 2. The van der Waals surface area contributed by atoms with Gasteiger partial charge in [-0.25, -0.2) is 0 Å². The van der Waals surface area contributed by atoms with Crippen molar-refractivity contribution in [2.75, 3.05) is 6.54 Å². The molecule has 0 aromatic heterocycles. The topological polar surface area (TPSA) is 78.4 Å². The molecule has 106 valence electrons. The molecule has 0 aromatic carbocycles. The molecule has 3 aliphatic rings. The average molecular weight is 266 g/mol. The van der Waals surface area contributed by atoms with Crippen LogP contribution in [0, 0.1) is 17.8 Å². The highest BCUT2D eigenvalue weighted by Gasteiger charge is 2.52. The summed E-state index contributed by atoms with van der Waals surface area (Å²) in [6.45, 7) is 2.78. The fourth-order valence-corrected chi connectivity index (χ4v) is 4.25. The zero-order chi connectivity index (χ0) is 13.6. The van der Waals surface area contributed by atoms with E-state index in [0.717, 1.165) is 38.6 Å². The standard InChI is InChI=1S/C14H22N2O3/c1-14(5-2-6-15-14)13(19)16-11-9-4-3-8(7-9)10(11)12(17)18/h8-11,15H,2-7H2,1H3,(H,16,19)(H,17,18). The van der Waals surface area contributed by atoms with E-state index < -0.39 is 11.5 Å². The molecule has 5 unspecified atom stereocenters. The van der Waals surface area contributed by atoms with Gasteiger partial charge in [0.2, 0.25) is 5.91 Å². The van der Waals surface area contributed by atoms with Crippen LogP contribution in [0.25, 0.3) is 0 Å². The van der Waals surface area contributed by atoms with E-state index in [0.29, 0.717) is 5.92 Å². The fraction of sp³-hybridized carbons (Fsp3) is 0.857. The van der Waals surface area contributed by atoms with E-state index in [-0.39, 0.29) is 23.8 Å². The van der Waals surface area contributed by atoms with E-state index in [1.54, 1.807) is 0 Å². The second-order valence-electron chi connectivity index (χ2n) is 6.56. The third kappa shape index (κ3) is 2.04. The summed E-state index contributed by atoms with van der Waals surface area (Å²) in [6.07, 6.45) is 4.86. The van der Waals surface area contributed by atoms with Crippen LogP contribution in [0.4, 0.5) is 0 Å². The average Bonchev–Trinajstić information content (AvgIpc) is 3.04. The molecule has 2 saturated carbocycles. The van der Waals surface area contributed by atoms with Crippen molar-refractivity contribution in [1.82, 2.24) is 10.6 Å². The van der Waals surface area contributed by atoms with E-state index in [1.807, 2.05) is 6.92 Å². The Kier molecular flexibility index (Phi) is 3.04. The molecule has 1 aliphatic heterocycles. The molecule has 0 aromatic rings. The molecule has 5 atom stereocenters. The first kappa shape index (κ1) is 12.9. The number of carboxylic acids is 1. The van der Waals surface area contributed by atoms with Gasteiger partial charge >= 0.3 is 5.97 Å². The summed E-state index contributed by atoms with van der Waals surface area (Å²) >= 11 is 0. The van der Waals surface area contributed by atoms with Crippen LogP contribution < -0.4 is 10.6 Å². The van der Waals surface area contributed by atoms with Gasteiger partial charge in [-0.05, 0) is 57.4 Å². The van der Waals surface area contributed by atoms with Crippen LogP contribution in [0.1, 0.15) is 39.0 Å². The largest absolute Gasteiger partial charge is 0.481 e. The summed E-state index contributed by atoms with van der Waals surface area (Å²) in [4.78, 5) is 23.8. The molecular formula is C14H22N2O3. The Morgan fingerprint density at radius 2 is 2.05 bits per heavy atom. The van der Waals surface area contributed by atoms with Gasteiger partial charge in [-0.3, -0.25) is 9.59 Å². The second-order valence-corrected chi connectivity index (χ2v) is 6.56. The third-order valence-corrected chi connectivity index (χ3v) is 5.37. The van der Waals surface area contributed by atoms with Gasteiger partial charge in [0.25, 0.3) is 0 Å². The van der Waals surface area contributed by atoms with Crippen LogP contribution in [-0.4, -0.2) is 35.1 Å². The number of hydrogen-bond donors (Lipinski definition) is 3. The first-order chi connectivity index (χ1) is 9.01. The smallest absolute Gasteiger partial charge is 0.308 e. The molecule has 1 saturated heterocycles. The van der Waals surface area contributed by atoms with Gasteiger partial charge < -0.3 is 15.7 Å². The highest BCUT2D eigenvalue weighted by molar-refractivity contribution is 5.87. The lowest BCUT2D eigenvalue weighted by Crippen LogP contribution is -2.57.